The monoisotopic (exact) mass is 305 g/mol. The van der Waals surface area contributed by atoms with E-state index in [4.69, 9.17) is 9.47 Å². The lowest BCUT2D eigenvalue weighted by Crippen LogP contribution is -2.65. The van der Waals surface area contributed by atoms with Crippen LogP contribution in [-0.2, 0) is 20.8 Å². The van der Waals surface area contributed by atoms with Crippen LogP contribution < -0.4 is 5.56 Å². The van der Waals surface area contributed by atoms with Crippen LogP contribution in [0.25, 0.3) is 0 Å². The molecule has 2 aliphatic rings. The quantitative estimate of drug-likeness (QED) is 0.798. The normalized spacial score (nSPS) is 29.3. The largest absolute Gasteiger partial charge is 0.461 e. The molecule has 1 aliphatic carbocycles. The average molecular weight is 305 g/mol. The summed E-state index contributed by atoms with van der Waals surface area (Å²) in [6.45, 7) is 5.36. The van der Waals surface area contributed by atoms with Crippen LogP contribution >= 0.6 is 0 Å². The molecule has 1 aromatic heterocycles. The van der Waals surface area contributed by atoms with Gasteiger partial charge in [-0.2, -0.15) is 0 Å². The topological polar surface area (TPSA) is 57.5 Å². The second-order valence-electron chi connectivity index (χ2n) is 6.81. The molecular formula is C17H23NO4. The first-order chi connectivity index (χ1) is 10.5. The van der Waals surface area contributed by atoms with E-state index in [-0.39, 0.29) is 35.6 Å². The zero-order valence-corrected chi connectivity index (χ0v) is 13.2. The Morgan fingerprint density at radius 2 is 2.27 bits per heavy atom. The van der Waals surface area contributed by atoms with Gasteiger partial charge in [0.1, 0.15) is 6.10 Å². The molecule has 22 heavy (non-hydrogen) atoms. The Kier molecular flexibility index (Phi) is 4.08. The molecule has 0 amide bonds. The van der Waals surface area contributed by atoms with Crippen molar-refractivity contribution in [2.24, 2.45) is 11.3 Å². The minimum absolute atomic E-state index is 0.0715. The number of esters is 1. The Balaban J connectivity index is 1.56. The SMILES string of the molecule is CC1(C)[C@@H]2OCCC[C@H]2[C@H]1OC(=O)CCn1ccccc1=O. The van der Waals surface area contributed by atoms with E-state index < -0.39 is 0 Å². The standard InChI is InChI=1S/C17H23NO4/c1-17(2)15-12(6-5-11-21-15)16(17)22-14(20)8-10-18-9-4-3-7-13(18)19/h3-4,7,9,12,15-16H,5-6,8,10-11H2,1-2H3/t12-,15-,16-/m1/s1. The van der Waals surface area contributed by atoms with E-state index in [0.717, 1.165) is 19.4 Å². The molecule has 3 rings (SSSR count). The Bertz CT molecular complexity index is 607. The molecule has 0 aromatic carbocycles. The Hall–Kier alpha value is -1.62. The van der Waals surface area contributed by atoms with E-state index in [9.17, 15) is 9.59 Å². The van der Waals surface area contributed by atoms with Gasteiger partial charge in [-0.25, -0.2) is 0 Å². The fourth-order valence-electron chi connectivity index (χ4n) is 3.77. The van der Waals surface area contributed by atoms with E-state index in [1.807, 2.05) is 0 Å². The summed E-state index contributed by atoms with van der Waals surface area (Å²) in [7, 11) is 0. The van der Waals surface area contributed by atoms with Crippen LogP contribution in [-0.4, -0.2) is 29.4 Å². The molecule has 0 spiro atoms. The van der Waals surface area contributed by atoms with Gasteiger partial charge in [0.2, 0.25) is 0 Å². The molecule has 1 saturated heterocycles. The minimum atomic E-state index is -0.238. The van der Waals surface area contributed by atoms with Gasteiger partial charge in [-0.15, -0.1) is 0 Å². The predicted octanol–water partition coefficient (Wildman–Crippen LogP) is 1.99. The maximum atomic E-state index is 12.1. The average Bonchev–Trinajstić information content (AvgIpc) is 2.52. The van der Waals surface area contributed by atoms with Gasteiger partial charge in [0.15, 0.2) is 0 Å². The maximum absolute atomic E-state index is 12.1. The highest BCUT2D eigenvalue weighted by molar-refractivity contribution is 5.69. The number of hydrogen-bond acceptors (Lipinski definition) is 4. The minimum Gasteiger partial charge on any atom is -0.461 e. The maximum Gasteiger partial charge on any atom is 0.307 e. The summed E-state index contributed by atoms with van der Waals surface area (Å²) in [5.41, 5.74) is -0.218. The molecule has 5 nitrogen and oxygen atoms in total. The van der Waals surface area contributed by atoms with E-state index >= 15 is 0 Å². The number of aryl methyl sites for hydroxylation is 1. The molecule has 120 valence electrons. The van der Waals surface area contributed by atoms with Gasteiger partial charge in [0.25, 0.3) is 5.56 Å². The van der Waals surface area contributed by atoms with Gasteiger partial charge in [-0.1, -0.05) is 19.9 Å². The van der Waals surface area contributed by atoms with E-state index in [1.54, 1.807) is 18.3 Å². The van der Waals surface area contributed by atoms with E-state index in [1.165, 1.54) is 10.6 Å². The van der Waals surface area contributed by atoms with Crippen molar-refractivity contribution >= 4 is 5.97 Å². The number of fused-ring (bicyclic) bond motifs is 1. The fraction of sp³-hybridized carbons (Fsp3) is 0.647. The zero-order valence-electron chi connectivity index (χ0n) is 13.2. The van der Waals surface area contributed by atoms with Crippen molar-refractivity contribution in [2.45, 2.75) is 51.9 Å². The lowest BCUT2D eigenvalue weighted by molar-refractivity contribution is -0.254. The molecule has 0 radical (unpaired) electrons. The number of ether oxygens (including phenoxy) is 2. The zero-order chi connectivity index (χ0) is 15.7. The Labute approximate surface area is 130 Å². The van der Waals surface area contributed by atoms with Gasteiger partial charge in [-0.05, 0) is 18.9 Å². The Morgan fingerprint density at radius 1 is 1.45 bits per heavy atom. The smallest absolute Gasteiger partial charge is 0.307 e. The molecule has 3 atom stereocenters. The van der Waals surface area contributed by atoms with Gasteiger partial charge < -0.3 is 14.0 Å². The number of rotatable bonds is 4. The van der Waals surface area contributed by atoms with Crippen LogP contribution in [0.4, 0.5) is 0 Å². The van der Waals surface area contributed by atoms with Crippen molar-refractivity contribution in [3.8, 4) is 0 Å². The molecule has 1 aliphatic heterocycles. The molecule has 1 saturated carbocycles. The van der Waals surface area contributed by atoms with Gasteiger partial charge in [0.05, 0.1) is 12.5 Å². The number of nitrogens with zero attached hydrogens (tertiary/aromatic N) is 1. The molecule has 0 unspecified atom stereocenters. The van der Waals surface area contributed by atoms with Crippen LogP contribution in [0.1, 0.15) is 33.1 Å². The Morgan fingerprint density at radius 3 is 3.05 bits per heavy atom. The summed E-state index contributed by atoms with van der Waals surface area (Å²) in [5.74, 6) is 0.0880. The second-order valence-corrected chi connectivity index (χ2v) is 6.81. The molecule has 5 heteroatoms. The first-order valence-electron chi connectivity index (χ1n) is 7.96. The third-order valence-corrected chi connectivity index (χ3v) is 4.94. The summed E-state index contributed by atoms with van der Waals surface area (Å²) >= 11 is 0. The summed E-state index contributed by atoms with van der Waals surface area (Å²) in [6, 6.07) is 4.97. The first kappa shape index (κ1) is 15.3. The van der Waals surface area contributed by atoms with Crippen molar-refractivity contribution < 1.29 is 14.3 Å². The van der Waals surface area contributed by atoms with Gasteiger partial charge in [-0.3, -0.25) is 9.59 Å². The first-order valence-corrected chi connectivity index (χ1v) is 7.96. The summed E-state index contributed by atoms with van der Waals surface area (Å²) in [4.78, 5) is 23.7. The number of carbonyl (C=O) groups excluding carboxylic acids is 1. The third kappa shape index (κ3) is 2.70. The molecule has 2 heterocycles. The highest BCUT2D eigenvalue weighted by atomic mass is 16.6. The summed E-state index contributed by atoms with van der Waals surface area (Å²) in [5, 5.41) is 0. The van der Waals surface area contributed by atoms with Crippen molar-refractivity contribution in [3.05, 3.63) is 34.7 Å². The third-order valence-electron chi connectivity index (χ3n) is 4.94. The number of pyridine rings is 1. The highest BCUT2D eigenvalue weighted by Gasteiger charge is 2.60. The second kappa shape index (κ2) is 5.88. The predicted molar refractivity (Wildman–Crippen MR) is 81.4 cm³/mol. The van der Waals surface area contributed by atoms with E-state index in [2.05, 4.69) is 13.8 Å². The highest BCUT2D eigenvalue weighted by Crippen LogP contribution is 2.52. The van der Waals surface area contributed by atoms with Crippen LogP contribution in [0.15, 0.2) is 29.2 Å². The van der Waals surface area contributed by atoms with Gasteiger partial charge in [0, 0.05) is 36.7 Å². The van der Waals surface area contributed by atoms with Crippen molar-refractivity contribution in [2.75, 3.05) is 6.61 Å². The molecule has 0 N–H and O–H groups in total. The summed E-state index contributed by atoms with van der Waals surface area (Å²) < 4.78 is 13.0. The lowest BCUT2D eigenvalue weighted by Gasteiger charge is -2.58. The molecule has 2 fully saturated rings. The molecule has 0 bridgehead atoms. The van der Waals surface area contributed by atoms with E-state index in [0.29, 0.717) is 12.5 Å². The fourth-order valence-corrected chi connectivity index (χ4v) is 3.77. The van der Waals surface area contributed by atoms with Crippen molar-refractivity contribution in [1.29, 1.82) is 0 Å². The van der Waals surface area contributed by atoms with Crippen LogP contribution in [0, 0.1) is 11.3 Å². The lowest BCUT2D eigenvalue weighted by atomic mass is 9.57. The van der Waals surface area contributed by atoms with Crippen molar-refractivity contribution in [3.63, 3.8) is 0 Å². The van der Waals surface area contributed by atoms with Crippen molar-refractivity contribution in [1.82, 2.24) is 4.57 Å². The number of carbonyl (C=O) groups is 1. The number of aromatic nitrogens is 1. The molecule has 1 aromatic rings. The van der Waals surface area contributed by atoms with Crippen LogP contribution in [0.3, 0.4) is 0 Å². The summed E-state index contributed by atoms with van der Waals surface area (Å²) in [6.07, 6.45) is 4.13. The van der Waals surface area contributed by atoms with Crippen LogP contribution in [0.5, 0.6) is 0 Å². The van der Waals surface area contributed by atoms with Gasteiger partial charge >= 0.3 is 5.97 Å². The van der Waals surface area contributed by atoms with Crippen LogP contribution in [0.2, 0.25) is 0 Å². The number of hydrogen-bond donors (Lipinski definition) is 0. The molecular weight excluding hydrogens is 282 g/mol.